The van der Waals surface area contributed by atoms with E-state index < -0.39 is 10.0 Å². The molecule has 0 spiro atoms. The van der Waals surface area contributed by atoms with E-state index in [9.17, 15) is 8.42 Å². The highest BCUT2D eigenvalue weighted by atomic mass is 35.5. The predicted molar refractivity (Wildman–Crippen MR) is 148 cm³/mol. The second kappa shape index (κ2) is 13.0. The smallest absolute Gasteiger partial charge is 0.244 e. The van der Waals surface area contributed by atoms with E-state index in [0.29, 0.717) is 19.0 Å². The average molecular weight is 534 g/mol. The van der Waals surface area contributed by atoms with Gasteiger partial charge in [-0.2, -0.15) is 4.31 Å². The summed E-state index contributed by atoms with van der Waals surface area (Å²) in [5.74, 6) is 2.24. The highest BCUT2D eigenvalue weighted by Crippen LogP contribution is 2.45. The van der Waals surface area contributed by atoms with Crippen molar-refractivity contribution in [2.75, 3.05) is 27.3 Å². The Morgan fingerprint density at radius 2 is 1.89 bits per heavy atom. The fourth-order valence-electron chi connectivity index (χ4n) is 5.23. The van der Waals surface area contributed by atoms with Crippen LogP contribution in [0.2, 0.25) is 5.02 Å². The van der Waals surface area contributed by atoms with E-state index in [2.05, 4.69) is 19.6 Å². The molecule has 0 N–H and O–H groups in total. The molecule has 0 fully saturated rings. The first-order valence-electron chi connectivity index (χ1n) is 12.9. The van der Waals surface area contributed by atoms with Crippen LogP contribution in [-0.2, 0) is 22.9 Å². The maximum absolute atomic E-state index is 13.0. The Morgan fingerprint density at radius 1 is 1.14 bits per heavy atom. The molecule has 0 heterocycles. The number of rotatable bonds is 14. The van der Waals surface area contributed by atoms with Crippen molar-refractivity contribution < 1.29 is 17.9 Å². The van der Waals surface area contributed by atoms with Crippen LogP contribution in [0.4, 0.5) is 0 Å². The van der Waals surface area contributed by atoms with Crippen molar-refractivity contribution in [1.29, 1.82) is 0 Å². The van der Waals surface area contributed by atoms with Gasteiger partial charge in [0.25, 0.3) is 0 Å². The molecule has 1 aliphatic rings. The van der Waals surface area contributed by atoms with Gasteiger partial charge in [-0.25, -0.2) is 8.42 Å². The lowest BCUT2D eigenvalue weighted by Crippen LogP contribution is -2.32. The molecule has 36 heavy (non-hydrogen) atoms. The number of fused-ring (bicyclic) bond motifs is 1. The number of allylic oxidation sites excluding steroid dienone is 1. The molecule has 2 aromatic rings. The normalized spacial score (nSPS) is 15.2. The predicted octanol–water partition coefficient (Wildman–Crippen LogP) is 7.17. The second-order valence-corrected chi connectivity index (χ2v) is 11.9. The number of ether oxygens (including phenoxy) is 2. The molecule has 0 amide bonds. The molecular weight excluding hydrogens is 494 g/mol. The summed E-state index contributed by atoms with van der Waals surface area (Å²) in [5.41, 5.74) is 5.31. The molecule has 0 saturated heterocycles. The van der Waals surface area contributed by atoms with Crippen molar-refractivity contribution in [3.63, 3.8) is 0 Å². The van der Waals surface area contributed by atoms with Gasteiger partial charge in [0.15, 0.2) is 11.5 Å². The van der Waals surface area contributed by atoms with Gasteiger partial charge in [-0.15, -0.1) is 0 Å². The van der Waals surface area contributed by atoms with Crippen LogP contribution in [0.15, 0.2) is 47.4 Å². The van der Waals surface area contributed by atoms with Crippen LogP contribution in [0, 0.1) is 0 Å². The van der Waals surface area contributed by atoms with Crippen molar-refractivity contribution in [2.24, 2.45) is 0 Å². The summed E-state index contributed by atoms with van der Waals surface area (Å²) in [6.45, 7) is 9.39. The van der Waals surface area contributed by atoms with Gasteiger partial charge >= 0.3 is 0 Å². The Bertz CT molecular complexity index is 1160. The Morgan fingerprint density at radius 3 is 2.56 bits per heavy atom. The van der Waals surface area contributed by atoms with Gasteiger partial charge in [0, 0.05) is 18.7 Å². The molecule has 0 saturated carbocycles. The number of unbranched alkanes of at least 4 members (excludes halogenated alkanes) is 2. The zero-order valence-electron chi connectivity index (χ0n) is 22.1. The summed E-state index contributed by atoms with van der Waals surface area (Å²) in [5, 5.41) is 0.266. The molecule has 0 aliphatic heterocycles. The minimum absolute atomic E-state index is 0.179. The molecule has 198 valence electrons. The summed E-state index contributed by atoms with van der Waals surface area (Å²) < 4.78 is 38.8. The molecule has 5 nitrogen and oxygen atoms in total. The molecule has 0 aromatic heterocycles. The van der Waals surface area contributed by atoms with Crippen molar-refractivity contribution in [3.05, 3.63) is 64.2 Å². The highest BCUT2D eigenvalue weighted by Gasteiger charge is 2.28. The lowest BCUT2D eigenvalue weighted by Gasteiger charge is -2.21. The van der Waals surface area contributed by atoms with Crippen molar-refractivity contribution in [2.45, 2.75) is 76.0 Å². The number of benzene rings is 2. The number of hydrogen-bond acceptors (Lipinski definition) is 4. The third kappa shape index (κ3) is 6.45. The maximum Gasteiger partial charge on any atom is 0.244 e. The van der Waals surface area contributed by atoms with Gasteiger partial charge in [-0.3, -0.25) is 0 Å². The van der Waals surface area contributed by atoms with E-state index in [1.165, 1.54) is 26.6 Å². The van der Waals surface area contributed by atoms with Gasteiger partial charge in [-0.1, -0.05) is 56.2 Å². The monoisotopic (exact) mass is 533 g/mol. The van der Waals surface area contributed by atoms with Gasteiger partial charge in [0.1, 0.15) is 4.90 Å². The quantitative estimate of drug-likeness (QED) is 0.191. The van der Waals surface area contributed by atoms with Crippen LogP contribution in [0.5, 0.6) is 11.5 Å². The van der Waals surface area contributed by atoms with Crippen molar-refractivity contribution in [1.82, 2.24) is 4.31 Å². The zero-order valence-corrected chi connectivity index (χ0v) is 23.7. The standard InChI is InChI=1S/C29H40ClNO4S/c1-6-31(36(32,33)27-14-10-9-13-25(27)30)19-11-7-8-12-21(2)15-17-23-20-26(34-4)29(35-5)24-18-16-22(3)28(23)24/h9-10,13-14,20,22H,2,6-8,11-12,15-19H2,1,3-5H3. The van der Waals surface area contributed by atoms with E-state index >= 15 is 0 Å². The fourth-order valence-corrected chi connectivity index (χ4v) is 7.21. The van der Waals surface area contributed by atoms with Gasteiger partial charge in [-0.05, 0) is 80.2 Å². The van der Waals surface area contributed by atoms with Crippen LogP contribution in [0.1, 0.15) is 75.0 Å². The third-order valence-corrected chi connectivity index (χ3v) is 9.69. The Balaban J connectivity index is 1.49. The number of aryl methyl sites for hydroxylation is 1. The third-order valence-electron chi connectivity index (χ3n) is 7.21. The SMILES string of the molecule is C=C(CCCCCN(CC)S(=O)(=O)c1ccccc1Cl)CCc1cc(OC)c(OC)c2c1C(C)CC2. The highest BCUT2D eigenvalue weighted by molar-refractivity contribution is 7.89. The minimum atomic E-state index is -3.58. The lowest BCUT2D eigenvalue weighted by atomic mass is 9.91. The first kappa shape index (κ1) is 28.5. The lowest BCUT2D eigenvalue weighted by molar-refractivity contribution is 0.351. The Labute approximate surface area is 222 Å². The summed E-state index contributed by atoms with van der Waals surface area (Å²) >= 11 is 6.14. The largest absolute Gasteiger partial charge is 0.493 e. The van der Waals surface area contributed by atoms with E-state index in [1.54, 1.807) is 38.5 Å². The summed E-state index contributed by atoms with van der Waals surface area (Å²) in [4.78, 5) is 0.179. The van der Waals surface area contributed by atoms with Crippen molar-refractivity contribution >= 4 is 21.6 Å². The van der Waals surface area contributed by atoms with Crippen LogP contribution in [0.25, 0.3) is 0 Å². The van der Waals surface area contributed by atoms with E-state index in [0.717, 1.165) is 62.9 Å². The number of halogens is 1. The molecule has 2 aromatic carbocycles. The molecule has 0 bridgehead atoms. The van der Waals surface area contributed by atoms with Crippen molar-refractivity contribution in [3.8, 4) is 11.5 Å². The number of hydrogen-bond donors (Lipinski definition) is 0. The molecule has 1 atom stereocenters. The number of methoxy groups -OCH3 is 2. The van der Waals surface area contributed by atoms with E-state index in [4.69, 9.17) is 21.1 Å². The van der Waals surface area contributed by atoms with E-state index in [1.807, 2.05) is 6.92 Å². The molecule has 1 aliphatic carbocycles. The van der Waals surface area contributed by atoms with Crippen LogP contribution in [-0.4, -0.2) is 40.0 Å². The minimum Gasteiger partial charge on any atom is -0.493 e. The summed E-state index contributed by atoms with van der Waals surface area (Å²) in [7, 11) is -0.164. The molecule has 1 unspecified atom stereocenters. The molecule has 7 heteroatoms. The first-order valence-corrected chi connectivity index (χ1v) is 14.7. The Kier molecular flexibility index (Phi) is 10.3. The first-order chi connectivity index (χ1) is 17.2. The van der Waals surface area contributed by atoms with Gasteiger partial charge in [0.2, 0.25) is 10.0 Å². The summed E-state index contributed by atoms with van der Waals surface area (Å²) in [6.07, 6.45) is 7.79. The molecular formula is C29H40ClNO4S. The van der Waals surface area contributed by atoms with Crippen LogP contribution < -0.4 is 9.47 Å². The summed E-state index contributed by atoms with van der Waals surface area (Å²) in [6, 6.07) is 8.77. The number of nitrogens with zero attached hydrogens (tertiary/aromatic N) is 1. The van der Waals surface area contributed by atoms with E-state index in [-0.39, 0.29) is 9.92 Å². The fraction of sp³-hybridized carbons (Fsp3) is 0.517. The second-order valence-electron chi connectivity index (χ2n) is 9.59. The molecule has 3 rings (SSSR count). The maximum atomic E-state index is 13.0. The molecule has 0 radical (unpaired) electrons. The Hall–Kier alpha value is -2.02. The van der Waals surface area contributed by atoms with Crippen LogP contribution in [0.3, 0.4) is 0 Å². The topological polar surface area (TPSA) is 55.8 Å². The van der Waals surface area contributed by atoms with Gasteiger partial charge < -0.3 is 9.47 Å². The van der Waals surface area contributed by atoms with Gasteiger partial charge in [0.05, 0.1) is 19.2 Å². The zero-order chi connectivity index (χ0) is 26.3. The van der Waals surface area contributed by atoms with Crippen LogP contribution >= 0.6 is 11.6 Å². The average Bonchev–Trinajstić information content (AvgIpc) is 3.25. The number of sulfonamides is 1.